The predicted molar refractivity (Wildman–Crippen MR) is 69.2 cm³/mol. The quantitative estimate of drug-likeness (QED) is 0.909. The highest BCUT2D eigenvalue weighted by atomic mass is 79.9. The van der Waals surface area contributed by atoms with Crippen molar-refractivity contribution < 1.29 is 14.6 Å². The van der Waals surface area contributed by atoms with Crippen molar-refractivity contribution in [2.45, 2.75) is 32.0 Å². The zero-order chi connectivity index (χ0) is 12.1. The second-order valence-electron chi connectivity index (χ2n) is 4.18. The number of hydrogen-bond donors (Lipinski definition) is 1. The maximum Gasteiger partial charge on any atom is 0.124 e. The molecule has 4 heteroatoms. The molecule has 0 aromatic heterocycles. The van der Waals surface area contributed by atoms with Gasteiger partial charge in [-0.2, -0.15) is 0 Å². The predicted octanol–water partition coefficient (Wildman–Crippen LogP) is 2.89. The highest BCUT2D eigenvalue weighted by Gasteiger charge is 2.15. The molecule has 1 unspecified atom stereocenters. The second kappa shape index (κ2) is 6.38. The molecule has 0 saturated carbocycles. The maximum absolute atomic E-state index is 9.23. The number of aliphatic hydroxyl groups is 1. The molecule has 0 spiro atoms. The van der Waals surface area contributed by atoms with Gasteiger partial charge in [-0.25, -0.2) is 0 Å². The van der Waals surface area contributed by atoms with Gasteiger partial charge in [0, 0.05) is 23.1 Å². The largest absolute Gasteiger partial charge is 0.493 e. The minimum absolute atomic E-state index is 0.00526. The maximum atomic E-state index is 9.23. The van der Waals surface area contributed by atoms with Crippen molar-refractivity contribution in [2.24, 2.45) is 0 Å². The number of benzene rings is 1. The van der Waals surface area contributed by atoms with E-state index in [1.54, 1.807) is 0 Å². The van der Waals surface area contributed by atoms with Crippen LogP contribution in [0.4, 0.5) is 0 Å². The summed E-state index contributed by atoms with van der Waals surface area (Å²) in [5.74, 6) is 0.758. The molecule has 1 aromatic carbocycles. The fourth-order valence-corrected chi connectivity index (χ4v) is 2.39. The van der Waals surface area contributed by atoms with Gasteiger partial charge in [0.1, 0.15) is 5.75 Å². The lowest BCUT2D eigenvalue weighted by Crippen LogP contribution is -2.11. The number of rotatable bonds is 5. The lowest BCUT2D eigenvalue weighted by atomic mass is 10.2. The van der Waals surface area contributed by atoms with Crippen LogP contribution in [0.1, 0.15) is 24.8 Å². The van der Waals surface area contributed by atoms with Gasteiger partial charge in [-0.3, -0.25) is 0 Å². The van der Waals surface area contributed by atoms with E-state index in [1.165, 1.54) is 0 Å². The first-order valence-electron chi connectivity index (χ1n) is 5.93. The van der Waals surface area contributed by atoms with E-state index in [0.717, 1.165) is 41.7 Å². The molecule has 0 radical (unpaired) electrons. The van der Waals surface area contributed by atoms with Crippen molar-refractivity contribution in [1.29, 1.82) is 0 Å². The first-order chi connectivity index (χ1) is 8.29. The lowest BCUT2D eigenvalue weighted by molar-refractivity contribution is 0.0900. The van der Waals surface area contributed by atoms with Crippen LogP contribution >= 0.6 is 15.9 Å². The van der Waals surface area contributed by atoms with Crippen LogP contribution in [0.5, 0.6) is 5.75 Å². The number of halogens is 1. The van der Waals surface area contributed by atoms with E-state index in [4.69, 9.17) is 9.47 Å². The van der Waals surface area contributed by atoms with Gasteiger partial charge >= 0.3 is 0 Å². The Kier molecular flexibility index (Phi) is 4.83. The van der Waals surface area contributed by atoms with Gasteiger partial charge < -0.3 is 14.6 Å². The molecule has 1 aromatic rings. The Morgan fingerprint density at radius 2 is 2.35 bits per heavy atom. The summed E-state index contributed by atoms with van der Waals surface area (Å²) in [7, 11) is 0. The monoisotopic (exact) mass is 300 g/mol. The van der Waals surface area contributed by atoms with E-state index in [2.05, 4.69) is 15.9 Å². The molecular formula is C13H17BrO3. The van der Waals surface area contributed by atoms with Crippen molar-refractivity contribution >= 4 is 15.9 Å². The fraction of sp³-hybridized carbons (Fsp3) is 0.538. The Morgan fingerprint density at radius 1 is 1.47 bits per heavy atom. The summed E-state index contributed by atoms with van der Waals surface area (Å²) in [6.45, 7) is 1.51. The van der Waals surface area contributed by atoms with Crippen LogP contribution in [0.15, 0.2) is 22.7 Å². The van der Waals surface area contributed by atoms with Gasteiger partial charge in [0.25, 0.3) is 0 Å². The molecular weight excluding hydrogens is 284 g/mol. The average Bonchev–Trinajstić information content (AvgIpc) is 2.84. The molecule has 1 atom stereocenters. The molecule has 94 valence electrons. The molecule has 2 rings (SSSR count). The highest BCUT2D eigenvalue weighted by Crippen LogP contribution is 2.24. The first-order valence-corrected chi connectivity index (χ1v) is 6.72. The summed E-state index contributed by atoms with van der Waals surface area (Å²) in [6.07, 6.45) is 3.56. The minimum atomic E-state index is -0.00526. The van der Waals surface area contributed by atoms with Crippen LogP contribution in [0.25, 0.3) is 0 Å². The van der Waals surface area contributed by atoms with Crippen molar-refractivity contribution in [3.63, 3.8) is 0 Å². The minimum Gasteiger partial charge on any atom is -0.493 e. The Morgan fingerprint density at radius 3 is 3.06 bits per heavy atom. The molecule has 1 aliphatic rings. The second-order valence-corrected chi connectivity index (χ2v) is 5.10. The summed E-state index contributed by atoms with van der Waals surface area (Å²) in [5.41, 5.74) is 0.812. The smallest absolute Gasteiger partial charge is 0.124 e. The van der Waals surface area contributed by atoms with E-state index in [0.29, 0.717) is 12.7 Å². The molecule has 3 nitrogen and oxygen atoms in total. The third kappa shape index (κ3) is 3.69. The van der Waals surface area contributed by atoms with E-state index in [1.807, 2.05) is 18.2 Å². The Labute approximate surface area is 110 Å². The van der Waals surface area contributed by atoms with Crippen LogP contribution in [0, 0.1) is 0 Å². The summed E-state index contributed by atoms with van der Waals surface area (Å²) in [6, 6.07) is 5.67. The van der Waals surface area contributed by atoms with Crippen LogP contribution in [0.2, 0.25) is 0 Å². The van der Waals surface area contributed by atoms with Gasteiger partial charge in [-0.1, -0.05) is 15.9 Å². The first kappa shape index (κ1) is 12.9. The van der Waals surface area contributed by atoms with Crippen LogP contribution < -0.4 is 4.74 Å². The van der Waals surface area contributed by atoms with Gasteiger partial charge in [-0.05, 0) is 31.0 Å². The van der Waals surface area contributed by atoms with Crippen molar-refractivity contribution in [2.75, 3.05) is 13.2 Å². The van der Waals surface area contributed by atoms with Crippen molar-refractivity contribution in [3.8, 4) is 5.75 Å². The van der Waals surface area contributed by atoms with Crippen LogP contribution in [-0.2, 0) is 11.3 Å². The molecule has 1 fully saturated rings. The molecule has 1 saturated heterocycles. The van der Waals surface area contributed by atoms with Crippen LogP contribution in [0.3, 0.4) is 0 Å². The van der Waals surface area contributed by atoms with Crippen molar-refractivity contribution in [3.05, 3.63) is 28.2 Å². The Bertz CT molecular complexity index is 362. The molecule has 0 aliphatic carbocycles. The third-order valence-electron chi connectivity index (χ3n) is 2.91. The van der Waals surface area contributed by atoms with Gasteiger partial charge in [-0.15, -0.1) is 0 Å². The molecule has 1 N–H and O–H groups in total. The molecule has 17 heavy (non-hydrogen) atoms. The molecule has 1 aliphatic heterocycles. The topological polar surface area (TPSA) is 38.7 Å². The highest BCUT2D eigenvalue weighted by molar-refractivity contribution is 9.10. The normalized spacial score (nSPS) is 19.5. The summed E-state index contributed by atoms with van der Waals surface area (Å²) in [4.78, 5) is 0. The molecule has 0 amide bonds. The number of hydrogen-bond acceptors (Lipinski definition) is 3. The SMILES string of the molecule is OCc1cc(Br)ccc1OCCC1CCCO1. The van der Waals surface area contributed by atoms with Crippen molar-refractivity contribution in [1.82, 2.24) is 0 Å². The number of ether oxygens (including phenoxy) is 2. The molecule has 0 bridgehead atoms. The third-order valence-corrected chi connectivity index (χ3v) is 3.41. The molecule has 1 heterocycles. The zero-order valence-electron chi connectivity index (χ0n) is 9.69. The number of aliphatic hydroxyl groups excluding tert-OH is 1. The summed E-state index contributed by atoms with van der Waals surface area (Å²) >= 11 is 3.37. The zero-order valence-corrected chi connectivity index (χ0v) is 11.3. The average molecular weight is 301 g/mol. The van der Waals surface area contributed by atoms with E-state index < -0.39 is 0 Å². The van der Waals surface area contributed by atoms with Gasteiger partial charge in [0.15, 0.2) is 0 Å². The Balaban J connectivity index is 1.85. The van der Waals surface area contributed by atoms with E-state index in [9.17, 15) is 5.11 Å². The Hall–Kier alpha value is -0.580. The van der Waals surface area contributed by atoms with E-state index in [-0.39, 0.29) is 6.61 Å². The summed E-state index contributed by atoms with van der Waals surface area (Å²) < 4.78 is 12.2. The standard InChI is InChI=1S/C13H17BrO3/c14-11-3-4-13(10(8-11)9-15)17-7-5-12-2-1-6-16-12/h3-4,8,12,15H,1-2,5-7,9H2. The fourth-order valence-electron chi connectivity index (χ4n) is 1.98. The summed E-state index contributed by atoms with van der Waals surface area (Å²) in [5, 5.41) is 9.23. The van der Waals surface area contributed by atoms with E-state index >= 15 is 0 Å². The van der Waals surface area contributed by atoms with Crippen LogP contribution in [-0.4, -0.2) is 24.4 Å². The van der Waals surface area contributed by atoms with Gasteiger partial charge in [0.2, 0.25) is 0 Å². The van der Waals surface area contributed by atoms with Gasteiger partial charge in [0.05, 0.1) is 19.3 Å². The lowest BCUT2D eigenvalue weighted by Gasteiger charge is -2.13.